The van der Waals surface area contributed by atoms with Crippen LogP contribution in [0.2, 0.25) is 0 Å². The third-order valence-electron chi connectivity index (χ3n) is 5.05. The van der Waals surface area contributed by atoms with Gasteiger partial charge in [0.1, 0.15) is 17.7 Å². The molecule has 0 unspecified atom stereocenters. The molecule has 0 aliphatic heterocycles. The topological polar surface area (TPSA) is 64.7 Å². The number of allylic oxidation sites excluding steroid dienone is 2. The van der Waals surface area contributed by atoms with Gasteiger partial charge in [0, 0.05) is 16.5 Å². The van der Waals surface area contributed by atoms with E-state index in [0.717, 1.165) is 32.3 Å². The van der Waals surface area contributed by atoms with Crippen LogP contribution in [0, 0.1) is 22.7 Å². The Bertz CT molecular complexity index is 1410. The first-order chi connectivity index (χ1) is 12.7. The Kier molecular flexibility index (Phi) is 2.78. The molecule has 0 bridgehead atoms. The van der Waals surface area contributed by atoms with E-state index in [9.17, 15) is 15.3 Å². The highest BCUT2D eigenvalue weighted by Gasteiger charge is 2.31. The molecule has 0 saturated heterocycles. The van der Waals surface area contributed by atoms with Crippen LogP contribution < -0.4 is 0 Å². The Morgan fingerprint density at radius 2 is 1.19 bits per heavy atom. The van der Waals surface area contributed by atoms with Crippen molar-refractivity contribution in [3.8, 4) is 12.1 Å². The van der Waals surface area contributed by atoms with Gasteiger partial charge in [-0.05, 0) is 39.1 Å². The summed E-state index contributed by atoms with van der Waals surface area (Å²) in [6.07, 6.45) is 0. The molecule has 0 aromatic heterocycles. The van der Waals surface area contributed by atoms with Gasteiger partial charge in [0.25, 0.3) is 0 Å². The van der Waals surface area contributed by atoms with E-state index >= 15 is 0 Å². The van der Waals surface area contributed by atoms with Gasteiger partial charge in [-0.15, -0.1) is 0 Å². The number of fused-ring (bicyclic) bond motifs is 4. The summed E-state index contributed by atoms with van der Waals surface area (Å²) in [4.78, 5) is 13.1. The molecule has 0 radical (unpaired) electrons. The highest BCUT2D eigenvalue weighted by Crippen LogP contribution is 2.43. The van der Waals surface area contributed by atoms with Gasteiger partial charge in [-0.2, -0.15) is 10.5 Å². The fourth-order valence-corrected chi connectivity index (χ4v) is 3.98. The highest BCUT2D eigenvalue weighted by atomic mass is 16.1. The fraction of sp³-hybridized carbons (Fsp3) is 0. The summed E-state index contributed by atoms with van der Waals surface area (Å²) in [6.45, 7) is 0. The molecule has 5 rings (SSSR count). The van der Waals surface area contributed by atoms with Gasteiger partial charge >= 0.3 is 0 Å². The van der Waals surface area contributed by atoms with Crippen LogP contribution in [-0.4, -0.2) is 5.78 Å². The zero-order valence-electron chi connectivity index (χ0n) is 13.6. The Labute approximate surface area is 149 Å². The average molecular weight is 330 g/mol. The third kappa shape index (κ3) is 1.67. The lowest BCUT2D eigenvalue weighted by molar-refractivity contribution is 0.104. The monoisotopic (exact) mass is 330 g/mol. The molecule has 0 saturated carbocycles. The molecule has 4 aromatic carbocycles. The number of nitriles is 2. The maximum Gasteiger partial charge on any atom is 0.206 e. The maximum atomic E-state index is 13.1. The number of benzene rings is 4. The van der Waals surface area contributed by atoms with Crippen LogP contribution in [0.4, 0.5) is 0 Å². The summed E-state index contributed by atoms with van der Waals surface area (Å²) in [5.41, 5.74) is 1.31. The van der Waals surface area contributed by atoms with Crippen molar-refractivity contribution in [1.29, 1.82) is 10.5 Å². The summed E-state index contributed by atoms with van der Waals surface area (Å²) in [5.74, 6) is -0.367. The minimum atomic E-state index is -0.367. The van der Waals surface area contributed by atoms with Crippen molar-refractivity contribution in [1.82, 2.24) is 0 Å². The first-order valence-electron chi connectivity index (χ1n) is 8.21. The predicted octanol–water partition coefficient (Wildman–Crippen LogP) is 5.14. The summed E-state index contributed by atoms with van der Waals surface area (Å²) in [6, 6.07) is 23.6. The molecule has 0 amide bonds. The van der Waals surface area contributed by atoms with Crippen LogP contribution in [0.1, 0.15) is 15.9 Å². The summed E-state index contributed by atoms with van der Waals surface area (Å²) >= 11 is 0. The lowest BCUT2D eigenvalue weighted by Crippen LogP contribution is -2.12. The number of carbonyl (C=O) groups excluding carboxylic acids is 1. The number of nitrogens with zero attached hydrogens (tertiary/aromatic N) is 2. The molecule has 1 aliphatic carbocycles. The minimum absolute atomic E-state index is 0.0750. The molecule has 0 spiro atoms. The van der Waals surface area contributed by atoms with Gasteiger partial charge in [0.2, 0.25) is 5.78 Å². The number of hydrogen-bond acceptors (Lipinski definition) is 3. The van der Waals surface area contributed by atoms with E-state index in [0.29, 0.717) is 11.1 Å². The number of rotatable bonds is 0. The maximum absolute atomic E-state index is 13.1. The van der Waals surface area contributed by atoms with Crippen molar-refractivity contribution in [3.05, 3.63) is 77.4 Å². The quantitative estimate of drug-likeness (QED) is 0.419. The van der Waals surface area contributed by atoms with Crippen LogP contribution in [0.25, 0.3) is 37.9 Å². The van der Waals surface area contributed by atoms with Crippen molar-refractivity contribution in [2.45, 2.75) is 0 Å². The van der Waals surface area contributed by atoms with Crippen LogP contribution in [0.15, 0.2) is 66.2 Å². The summed E-state index contributed by atoms with van der Waals surface area (Å²) in [7, 11) is 0. The molecule has 0 fully saturated rings. The van der Waals surface area contributed by atoms with Gasteiger partial charge < -0.3 is 0 Å². The van der Waals surface area contributed by atoms with Crippen molar-refractivity contribution in [3.63, 3.8) is 0 Å². The minimum Gasteiger partial charge on any atom is -0.288 e. The zero-order valence-corrected chi connectivity index (χ0v) is 13.6. The second-order valence-corrected chi connectivity index (χ2v) is 6.35. The fourth-order valence-electron chi connectivity index (χ4n) is 3.98. The van der Waals surface area contributed by atoms with Gasteiger partial charge in [-0.25, -0.2) is 0 Å². The number of Topliss-reactive ketones (excluding diaryl/α,β-unsaturated/α-hetero) is 1. The molecule has 0 N–H and O–H groups in total. The third-order valence-corrected chi connectivity index (χ3v) is 5.05. The second-order valence-electron chi connectivity index (χ2n) is 6.35. The van der Waals surface area contributed by atoms with Crippen molar-refractivity contribution in [2.24, 2.45) is 0 Å². The van der Waals surface area contributed by atoms with Gasteiger partial charge in [0.05, 0.1) is 5.57 Å². The lowest BCUT2D eigenvalue weighted by Gasteiger charge is -2.20. The molecule has 3 heteroatoms. The van der Waals surface area contributed by atoms with E-state index in [1.165, 1.54) is 0 Å². The number of carbonyl (C=O) groups is 1. The van der Waals surface area contributed by atoms with Crippen molar-refractivity contribution < 1.29 is 4.79 Å². The smallest absolute Gasteiger partial charge is 0.206 e. The molecule has 1 aliphatic rings. The molecule has 4 aromatic rings. The normalized spacial score (nSPS) is 13.2. The van der Waals surface area contributed by atoms with Crippen LogP contribution in [0.5, 0.6) is 0 Å². The van der Waals surface area contributed by atoms with Crippen LogP contribution >= 0.6 is 0 Å². The SMILES string of the molecule is N#CC1=C(C#N)c2c3ccccc3cc3cc4ccccc4c(c23)C1=O. The Morgan fingerprint density at radius 3 is 1.77 bits per heavy atom. The molecule has 26 heavy (non-hydrogen) atoms. The van der Waals surface area contributed by atoms with Crippen molar-refractivity contribution in [2.75, 3.05) is 0 Å². The van der Waals surface area contributed by atoms with E-state index in [2.05, 4.69) is 6.07 Å². The first-order valence-corrected chi connectivity index (χ1v) is 8.21. The standard InChI is InChI=1S/C23H10N2O/c24-11-18-19(12-25)23(26)22-17-8-4-2-6-14(17)10-15-9-13-5-1-3-7-16(13)21(18)20(15)22/h1-10H. The van der Waals surface area contributed by atoms with Crippen molar-refractivity contribution >= 4 is 43.7 Å². The molecule has 0 heterocycles. The lowest BCUT2D eigenvalue weighted by atomic mass is 9.79. The molecule has 118 valence electrons. The molecular formula is C23H10N2O. The van der Waals surface area contributed by atoms with Crippen LogP contribution in [-0.2, 0) is 0 Å². The predicted molar refractivity (Wildman–Crippen MR) is 101 cm³/mol. The summed E-state index contributed by atoms with van der Waals surface area (Å²) in [5, 5.41) is 24.7. The first kappa shape index (κ1) is 14.4. The summed E-state index contributed by atoms with van der Waals surface area (Å²) < 4.78 is 0. The Balaban J connectivity index is 2.18. The van der Waals surface area contributed by atoms with Gasteiger partial charge in [-0.1, -0.05) is 48.5 Å². The van der Waals surface area contributed by atoms with E-state index in [1.807, 2.05) is 66.7 Å². The molecular weight excluding hydrogens is 320 g/mol. The number of hydrogen-bond donors (Lipinski definition) is 0. The van der Waals surface area contributed by atoms with Gasteiger partial charge in [0.15, 0.2) is 0 Å². The largest absolute Gasteiger partial charge is 0.288 e. The second kappa shape index (κ2) is 5.02. The molecule has 3 nitrogen and oxygen atoms in total. The highest BCUT2D eigenvalue weighted by molar-refractivity contribution is 6.35. The Morgan fingerprint density at radius 1 is 0.654 bits per heavy atom. The Hall–Kier alpha value is -3.95. The van der Waals surface area contributed by atoms with E-state index in [4.69, 9.17) is 0 Å². The van der Waals surface area contributed by atoms with Crippen LogP contribution in [0.3, 0.4) is 0 Å². The van der Waals surface area contributed by atoms with Gasteiger partial charge in [-0.3, -0.25) is 4.79 Å². The van der Waals surface area contributed by atoms with E-state index in [-0.39, 0.29) is 16.9 Å². The number of ketones is 1. The zero-order chi connectivity index (χ0) is 17.8. The van der Waals surface area contributed by atoms with E-state index < -0.39 is 0 Å². The average Bonchev–Trinajstić information content (AvgIpc) is 2.68. The van der Waals surface area contributed by atoms with E-state index in [1.54, 1.807) is 0 Å². The molecule has 0 atom stereocenters.